The summed E-state index contributed by atoms with van der Waals surface area (Å²) in [5, 5.41) is 0. The lowest BCUT2D eigenvalue weighted by Gasteiger charge is -2.22. The highest BCUT2D eigenvalue weighted by molar-refractivity contribution is 6.52. The second kappa shape index (κ2) is 4.48. The predicted molar refractivity (Wildman–Crippen MR) is 57.1 cm³/mol. The lowest BCUT2D eigenvalue weighted by Crippen LogP contribution is -2.26. The fourth-order valence-corrected chi connectivity index (χ4v) is 2.17. The zero-order chi connectivity index (χ0) is 10.9. The monoisotopic (exact) mass is 252 g/mol. The van der Waals surface area contributed by atoms with E-state index in [-0.39, 0.29) is 18.0 Å². The van der Waals surface area contributed by atoms with E-state index in [0.29, 0.717) is 13.0 Å². The number of rotatable bonds is 3. The molecule has 0 N–H and O–H groups in total. The Labute approximate surface area is 99.0 Å². The summed E-state index contributed by atoms with van der Waals surface area (Å²) in [7, 11) is 0. The van der Waals surface area contributed by atoms with Gasteiger partial charge in [-0.05, 0) is 25.7 Å². The molecule has 0 aromatic heterocycles. The first-order valence-corrected chi connectivity index (χ1v) is 6.01. The molecule has 5 heteroatoms. The summed E-state index contributed by atoms with van der Waals surface area (Å²) in [5.74, 6) is -0.640. The van der Waals surface area contributed by atoms with Crippen molar-refractivity contribution in [1.82, 2.24) is 0 Å². The third-order valence-corrected chi connectivity index (χ3v) is 3.63. The lowest BCUT2D eigenvalue weighted by atomic mass is 10.1. The van der Waals surface area contributed by atoms with Crippen molar-refractivity contribution in [3.05, 3.63) is 0 Å². The molecule has 0 bridgehead atoms. The maximum absolute atomic E-state index is 11.4. The Balaban J connectivity index is 1.67. The van der Waals surface area contributed by atoms with E-state index in [2.05, 4.69) is 0 Å². The number of ether oxygens (including phenoxy) is 2. The fourth-order valence-electron chi connectivity index (χ4n) is 1.68. The number of hydrogen-bond acceptors (Lipinski definition) is 3. The molecule has 0 amide bonds. The lowest BCUT2D eigenvalue weighted by molar-refractivity contribution is -0.150. The summed E-state index contributed by atoms with van der Waals surface area (Å²) in [6, 6.07) is 0. The van der Waals surface area contributed by atoms with Crippen molar-refractivity contribution in [2.24, 2.45) is 5.92 Å². The number of alkyl halides is 2. The van der Waals surface area contributed by atoms with Gasteiger partial charge in [-0.3, -0.25) is 4.79 Å². The maximum atomic E-state index is 11.4. The summed E-state index contributed by atoms with van der Waals surface area (Å²) < 4.78 is 9.66. The minimum atomic E-state index is -0.884. The maximum Gasteiger partial charge on any atom is 0.312 e. The first-order chi connectivity index (χ1) is 7.09. The average Bonchev–Trinajstić information content (AvgIpc) is 2.86. The molecule has 2 aliphatic rings. The molecule has 1 saturated carbocycles. The summed E-state index contributed by atoms with van der Waals surface area (Å²) in [6.07, 6.45) is 3.76. The first kappa shape index (κ1) is 11.5. The largest absolute Gasteiger partial charge is 0.463 e. The van der Waals surface area contributed by atoms with Crippen LogP contribution in [-0.4, -0.2) is 29.6 Å². The number of carbonyl (C=O) groups excluding carboxylic acids is 1. The van der Waals surface area contributed by atoms with Crippen molar-refractivity contribution >= 4 is 29.2 Å². The van der Waals surface area contributed by atoms with Gasteiger partial charge in [0.1, 0.15) is 10.9 Å². The van der Waals surface area contributed by atoms with Gasteiger partial charge < -0.3 is 9.47 Å². The van der Waals surface area contributed by atoms with Crippen LogP contribution in [0.15, 0.2) is 0 Å². The molecule has 3 nitrogen and oxygen atoms in total. The van der Waals surface area contributed by atoms with Crippen LogP contribution in [-0.2, 0) is 14.3 Å². The van der Waals surface area contributed by atoms with E-state index in [1.54, 1.807) is 0 Å². The van der Waals surface area contributed by atoms with E-state index in [9.17, 15) is 4.79 Å². The smallest absolute Gasteiger partial charge is 0.312 e. The van der Waals surface area contributed by atoms with Crippen LogP contribution >= 0.6 is 23.2 Å². The standard InChI is InChI=1S/C10H14Cl2O3/c11-10(12)5-8(10)9(13)15-6-7-3-1-2-4-14-7/h7-8H,1-6H2. The van der Waals surface area contributed by atoms with Crippen molar-refractivity contribution in [1.29, 1.82) is 0 Å². The van der Waals surface area contributed by atoms with Crippen molar-refractivity contribution < 1.29 is 14.3 Å². The minimum absolute atomic E-state index is 0.0569. The highest BCUT2D eigenvalue weighted by Crippen LogP contribution is 2.53. The molecule has 1 saturated heterocycles. The molecule has 0 spiro atoms. The van der Waals surface area contributed by atoms with Crippen LogP contribution in [0.1, 0.15) is 25.7 Å². The van der Waals surface area contributed by atoms with E-state index in [1.165, 1.54) is 0 Å². The van der Waals surface area contributed by atoms with Crippen molar-refractivity contribution in [3.63, 3.8) is 0 Å². The highest BCUT2D eigenvalue weighted by atomic mass is 35.5. The first-order valence-electron chi connectivity index (χ1n) is 5.25. The molecular formula is C10H14Cl2O3. The topological polar surface area (TPSA) is 35.5 Å². The van der Waals surface area contributed by atoms with Gasteiger partial charge in [-0.1, -0.05) is 0 Å². The molecule has 86 valence electrons. The number of carbonyl (C=O) groups is 1. The number of esters is 1. The SMILES string of the molecule is O=C(OCC1CCCCO1)C1CC1(Cl)Cl. The van der Waals surface area contributed by atoms with Crippen LogP contribution in [0.4, 0.5) is 0 Å². The molecule has 1 aliphatic heterocycles. The number of halogens is 2. The number of hydrogen-bond donors (Lipinski definition) is 0. The zero-order valence-electron chi connectivity index (χ0n) is 8.38. The molecule has 0 aromatic carbocycles. The van der Waals surface area contributed by atoms with Gasteiger partial charge in [0.05, 0.1) is 12.0 Å². The van der Waals surface area contributed by atoms with Crippen molar-refractivity contribution in [2.75, 3.05) is 13.2 Å². The van der Waals surface area contributed by atoms with E-state index in [0.717, 1.165) is 25.9 Å². The Morgan fingerprint density at radius 1 is 1.47 bits per heavy atom. The van der Waals surface area contributed by atoms with Crippen LogP contribution in [0.3, 0.4) is 0 Å². The molecule has 15 heavy (non-hydrogen) atoms. The minimum Gasteiger partial charge on any atom is -0.463 e. The highest BCUT2D eigenvalue weighted by Gasteiger charge is 2.57. The molecular weight excluding hydrogens is 239 g/mol. The summed E-state index contributed by atoms with van der Waals surface area (Å²) in [6.45, 7) is 1.10. The van der Waals surface area contributed by atoms with Gasteiger partial charge in [0.2, 0.25) is 0 Å². The van der Waals surface area contributed by atoms with Gasteiger partial charge in [-0.15, -0.1) is 23.2 Å². The van der Waals surface area contributed by atoms with E-state index in [1.807, 2.05) is 0 Å². The van der Waals surface area contributed by atoms with Crippen LogP contribution in [0, 0.1) is 5.92 Å². The summed E-state index contributed by atoms with van der Waals surface area (Å²) in [4.78, 5) is 11.4. The molecule has 2 atom stereocenters. The van der Waals surface area contributed by atoms with Crippen molar-refractivity contribution in [2.45, 2.75) is 36.1 Å². The van der Waals surface area contributed by atoms with Crippen LogP contribution in [0.25, 0.3) is 0 Å². The molecule has 1 heterocycles. The second-order valence-corrected chi connectivity index (χ2v) is 5.68. The van der Waals surface area contributed by atoms with Crippen molar-refractivity contribution in [3.8, 4) is 0 Å². The van der Waals surface area contributed by atoms with E-state index in [4.69, 9.17) is 32.7 Å². The predicted octanol–water partition coefficient (Wildman–Crippen LogP) is 2.29. The average molecular weight is 253 g/mol. The van der Waals surface area contributed by atoms with Gasteiger partial charge >= 0.3 is 5.97 Å². The fraction of sp³-hybridized carbons (Fsp3) is 0.900. The van der Waals surface area contributed by atoms with Crippen LogP contribution < -0.4 is 0 Å². The summed E-state index contributed by atoms with van der Waals surface area (Å²) in [5.41, 5.74) is 0. The molecule has 2 unspecified atom stereocenters. The second-order valence-electron chi connectivity index (χ2n) is 4.14. The van der Waals surface area contributed by atoms with E-state index < -0.39 is 4.33 Å². The Hall–Kier alpha value is 0.01000. The Morgan fingerprint density at radius 3 is 2.73 bits per heavy atom. The summed E-state index contributed by atoms with van der Waals surface area (Å²) >= 11 is 11.5. The third kappa shape index (κ3) is 2.99. The zero-order valence-corrected chi connectivity index (χ0v) is 9.89. The Morgan fingerprint density at radius 2 is 2.20 bits per heavy atom. The Kier molecular flexibility index (Phi) is 3.43. The van der Waals surface area contributed by atoms with Gasteiger partial charge in [-0.25, -0.2) is 0 Å². The van der Waals surface area contributed by atoms with Gasteiger partial charge in [-0.2, -0.15) is 0 Å². The van der Waals surface area contributed by atoms with E-state index >= 15 is 0 Å². The van der Waals surface area contributed by atoms with Crippen LogP contribution in [0.2, 0.25) is 0 Å². The van der Waals surface area contributed by atoms with Gasteiger partial charge in [0.15, 0.2) is 0 Å². The molecule has 0 aromatic rings. The molecule has 0 radical (unpaired) electrons. The van der Waals surface area contributed by atoms with Crippen LogP contribution in [0.5, 0.6) is 0 Å². The third-order valence-electron chi connectivity index (χ3n) is 2.80. The van der Waals surface area contributed by atoms with Gasteiger partial charge in [0.25, 0.3) is 0 Å². The molecule has 2 rings (SSSR count). The normalized spacial score (nSPS) is 33.5. The van der Waals surface area contributed by atoms with Gasteiger partial charge in [0, 0.05) is 6.61 Å². The quantitative estimate of drug-likeness (QED) is 0.571. The molecule has 1 aliphatic carbocycles. The Bertz CT molecular complexity index is 249. The molecule has 2 fully saturated rings.